The topological polar surface area (TPSA) is 39.1 Å². The highest BCUT2D eigenvalue weighted by molar-refractivity contribution is 5.06. The monoisotopic (exact) mass is 253 g/mol. The van der Waals surface area contributed by atoms with Crippen molar-refractivity contribution in [1.29, 1.82) is 5.26 Å². The predicted molar refractivity (Wildman–Crippen MR) is 78.5 cm³/mol. The van der Waals surface area contributed by atoms with E-state index in [2.05, 4.69) is 58.0 Å². The summed E-state index contributed by atoms with van der Waals surface area (Å²) in [6, 6.07) is 3.79. The van der Waals surface area contributed by atoms with Crippen molar-refractivity contribution in [1.82, 2.24) is 10.2 Å². The molecule has 0 aromatic rings. The summed E-state index contributed by atoms with van der Waals surface area (Å²) in [5.41, 5.74) is -0.437. The predicted octanol–water partition coefficient (Wildman–Crippen LogP) is 3.17. The molecular formula is C15H31N3. The average Bonchev–Trinajstić information content (AvgIpc) is 2.29. The molecule has 0 aliphatic rings. The molecule has 0 fully saturated rings. The average molecular weight is 253 g/mol. The highest BCUT2D eigenvalue weighted by atomic mass is 15.2. The zero-order valence-corrected chi connectivity index (χ0v) is 13.2. The number of nitrogens with one attached hydrogen (secondary N) is 1. The Kier molecular flexibility index (Phi) is 7.51. The lowest BCUT2D eigenvalue weighted by Gasteiger charge is -2.36. The molecule has 0 heterocycles. The fourth-order valence-electron chi connectivity index (χ4n) is 2.73. The van der Waals surface area contributed by atoms with E-state index in [9.17, 15) is 5.26 Å². The molecule has 0 spiro atoms. The molecular weight excluding hydrogens is 222 g/mol. The molecule has 0 aromatic carbocycles. The normalized spacial score (nSPS) is 16.9. The van der Waals surface area contributed by atoms with Crippen molar-refractivity contribution >= 4 is 0 Å². The van der Waals surface area contributed by atoms with Crippen LogP contribution in [0.5, 0.6) is 0 Å². The van der Waals surface area contributed by atoms with E-state index in [1.807, 2.05) is 6.92 Å². The van der Waals surface area contributed by atoms with Crippen molar-refractivity contribution in [3.63, 3.8) is 0 Å². The maximum atomic E-state index is 9.39. The van der Waals surface area contributed by atoms with E-state index < -0.39 is 5.54 Å². The van der Waals surface area contributed by atoms with Crippen LogP contribution in [-0.4, -0.2) is 35.6 Å². The number of nitriles is 1. The Morgan fingerprint density at radius 1 is 1.22 bits per heavy atom. The number of hydrogen-bond donors (Lipinski definition) is 1. The third-order valence-electron chi connectivity index (χ3n) is 3.77. The van der Waals surface area contributed by atoms with E-state index in [-0.39, 0.29) is 0 Å². The highest BCUT2D eigenvalue weighted by Crippen LogP contribution is 2.19. The van der Waals surface area contributed by atoms with Crippen molar-refractivity contribution in [2.75, 3.05) is 7.05 Å². The highest BCUT2D eigenvalue weighted by Gasteiger charge is 2.29. The Hall–Kier alpha value is -0.590. The number of nitrogens with zero attached hydrogens (tertiary/aromatic N) is 2. The van der Waals surface area contributed by atoms with Gasteiger partial charge in [0.2, 0.25) is 0 Å². The van der Waals surface area contributed by atoms with Gasteiger partial charge in [-0.1, -0.05) is 13.8 Å². The molecule has 2 atom stereocenters. The summed E-state index contributed by atoms with van der Waals surface area (Å²) in [5, 5.41) is 12.8. The zero-order valence-electron chi connectivity index (χ0n) is 13.2. The first-order valence-corrected chi connectivity index (χ1v) is 7.20. The summed E-state index contributed by atoms with van der Waals surface area (Å²) >= 11 is 0. The van der Waals surface area contributed by atoms with Gasteiger partial charge in [-0.25, -0.2) is 0 Å². The van der Waals surface area contributed by atoms with Gasteiger partial charge in [0.05, 0.1) is 6.07 Å². The van der Waals surface area contributed by atoms with Gasteiger partial charge in [-0.3, -0.25) is 5.32 Å². The Morgan fingerprint density at radius 2 is 1.72 bits per heavy atom. The largest absolute Gasteiger partial charge is 0.301 e. The molecule has 0 rings (SSSR count). The smallest absolute Gasteiger partial charge is 0.105 e. The van der Waals surface area contributed by atoms with Crippen LogP contribution in [0.2, 0.25) is 0 Å². The van der Waals surface area contributed by atoms with E-state index in [1.165, 1.54) is 0 Å². The summed E-state index contributed by atoms with van der Waals surface area (Å²) in [4.78, 5) is 2.41. The van der Waals surface area contributed by atoms with E-state index in [1.54, 1.807) is 0 Å². The molecule has 0 aliphatic heterocycles. The lowest BCUT2D eigenvalue weighted by atomic mass is 9.92. The quantitative estimate of drug-likeness (QED) is 0.722. The van der Waals surface area contributed by atoms with Gasteiger partial charge in [-0.05, 0) is 54.0 Å². The van der Waals surface area contributed by atoms with Crippen molar-refractivity contribution in [2.45, 2.75) is 84.5 Å². The molecule has 0 saturated heterocycles. The molecule has 3 heteroatoms. The van der Waals surface area contributed by atoms with Crippen LogP contribution in [0.3, 0.4) is 0 Å². The van der Waals surface area contributed by atoms with Crippen LogP contribution in [0, 0.1) is 11.3 Å². The van der Waals surface area contributed by atoms with Gasteiger partial charge >= 0.3 is 0 Å². The molecule has 106 valence electrons. The van der Waals surface area contributed by atoms with Gasteiger partial charge in [0.1, 0.15) is 5.54 Å². The fourth-order valence-corrected chi connectivity index (χ4v) is 2.73. The van der Waals surface area contributed by atoms with E-state index in [4.69, 9.17) is 0 Å². The molecule has 18 heavy (non-hydrogen) atoms. The Balaban J connectivity index is 4.61. The zero-order chi connectivity index (χ0) is 14.3. The van der Waals surface area contributed by atoms with Crippen molar-refractivity contribution < 1.29 is 0 Å². The SMILES string of the molecule is CCC(CC)N(C)C(C)CC(C)(C#N)NC(C)C. The third-order valence-corrected chi connectivity index (χ3v) is 3.77. The van der Waals surface area contributed by atoms with Crippen LogP contribution in [0.25, 0.3) is 0 Å². The first-order valence-electron chi connectivity index (χ1n) is 7.20. The lowest BCUT2D eigenvalue weighted by molar-refractivity contribution is 0.147. The summed E-state index contributed by atoms with van der Waals surface area (Å²) in [7, 11) is 2.18. The fraction of sp³-hybridized carbons (Fsp3) is 0.933. The standard InChI is InChI=1S/C15H31N3/c1-8-14(9-2)18(7)13(5)10-15(6,11-16)17-12(3)4/h12-14,17H,8-10H2,1-7H3. The van der Waals surface area contributed by atoms with Crippen molar-refractivity contribution in [2.24, 2.45) is 0 Å². The maximum Gasteiger partial charge on any atom is 0.105 e. The Bertz CT molecular complexity index is 265. The van der Waals surface area contributed by atoms with E-state index in [0.29, 0.717) is 18.1 Å². The van der Waals surface area contributed by atoms with Gasteiger partial charge in [-0.15, -0.1) is 0 Å². The van der Waals surface area contributed by atoms with Crippen LogP contribution in [0.1, 0.15) is 60.8 Å². The molecule has 0 amide bonds. The van der Waals surface area contributed by atoms with E-state index in [0.717, 1.165) is 19.3 Å². The van der Waals surface area contributed by atoms with Crippen LogP contribution in [-0.2, 0) is 0 Å². The summed E-state index contributed by atoms with van der Waals surface area (Å²) in [5.74, 6) is 0. The van der Waals surface area contributed by atoms with Crippen molar-refractivity contribution in [3.8, 4) is 6.07 Å². The number of hydrogen-bond acceptors (Lipinski definition) is 3. The van der Waals surface area contributed by atoms with E-state index >= 15 is 0 Å². The van der Waals surface area contributed by atoms with Crippen LogP contribution >= 0.6 is 0 Å². The first-order chi connectivity index (χ1) is 8.29. The molecule has 0 aromatic heterocycles. The Labute approximate surface area is 114 Å². The Morgan fingerprint density at radius 3 is 2.06 bits per heavy atom. The molecule has 0 bridgehead atoms. The van der Waals surface area contributed by atoms with Gasteiger partial charge in [0.25, 0.3) is 0 Å². The molecule has 3 nitrogen and oxygen atoms in total. The molecule has 2 unspecified atom stereocenters. The van der Waals surface area contributed by atoms with Gasteiger partial charge in [0.15, 0.2) is 0 Å². The van der Waals surface area contributed by atoms with Crippen LogP contribution < -0.4 is 5.32 Å². The third kappa shape index (κ3) is 5.37. The second-order valence-electron chi connectivity index (χ2n) is 5.93. The summed E-state index contributed by atoms with van der Waals surface area (Å²) in [6.45, 7) is 12.9. The minimum atomic E-state index is -0.437. The van der Waals surface area contributed by atoms with Gasteiger partial charge in [-0.2, -0.15) is 5.26 Å². The molecule has 0 aliphatic carbocycles. The second kappa shape index (κ2) is 7.76. The molecule has 0 radical (unpaired) electrons. The summed E-state index contributed by atoms with van der Waals surface area (Å²) in [6.07, 6.45) is 3.19. The van der Waals surface area contributed by atoms with Crippen molar-refractivity contribution in [3.05, 3.63) is 0 Å². The number of rotatable bonds is 8. The summed E-state index contributed by atoms with van der Waals surface area (Å²) < 4.78 is 0. The van der Waals surface area contributed by atoms with Crippen LogP contribution in [0.15, 0.2) is 0 Å². The minimum absolute atomic E-state index is 0.334. The van der Waals surface area contributed by atoms with Gasteiger partial charge < -0.3 is 4.90 Å². The maximum absolute atomic E-state index is 9.39. The molecule has 1 N–H and O–H groups in total. The molecule has 0 saturated carbocycles. The lowest BCUT2D eigenvalue weighted by Crippen LogP contribution is -2.50. The second-order valence-corrected chi connectivity index (χ2v) is 5.93. The van der Waals surface area contributed by atoms with Gasteiger partial charge in [0, 0.05) is 18.1 Å². The first kappa shape index (κ1) is 17.4. The van der Waals surface area contributed by atoms with Crippen LogP contribution in [0.4, 0.5) is 0 Å². The minimum Gasteiger partial charge on any atom is -0.301 e.